The normalized spacial score (nSPS) is 11.4. The highest BCUT2D eigenvalue weighted by Gasteiger charge is 2.05. The summed E-state index contributed by atoms with van der Waals surface area (Å²) < 4.78 is 0. The highest BCUT2D eigenvalue weighted by Crippen LogP contribution is 2.27. The van der Waals surface area contributed by atoms with E-state index in [1.807, 2.05) is 30.3 Å². The molecule has 3 aromatic rings. The minimum Gasteiger partial charge on any atom is -0.508 e. The molecule has 0 aliphatic rings. The van der Waals surface area contributed by atoms with E-state index in [4.69, 9.17) is 0 Å². The minimum atomic E-state index is 0.284. The quantitative estimate of drug-likeness (QED) is 0.649. The van der Waals surface area contributed by atoms with Crippen LogP contribution in [0.1, 0.15) is 22.3 Å². The summed E-state index contributed by atoms with van der Waals surface area (Å²) in [4.78, 5) is 0. The lowest BCUT2D eigenvalue weighted by Crippen LogP contribution is -1.88. The van der Waals surface area contributed by atoms with E-state index in [2.05, 4.69) is 49.4 Å². The molecule has 3 aromatic carbocycles. The summed E-state index contributed by atoms with van der Waals surface area (Å²) in [6, 6.07) is 26.1. The Morgan fingerprint density at radius 3 is 2.14 bits per heavy atom. The molecule has 0 amide bonds. The van der Waals surface area contributed by atoms with Gasteiger partial charge >= 0.3 is 0 Å². The van der Waals surface area contributed by atoms with Crippen molar-refractivity contribution in [2.75, 3.05) is 0 Å². The zero-order valence-electron chi connectivity index (χ0n) is 12.5. The summed E-state index contributed by atoms with van der Waals surface area (Å²) in [6.07, 6.45) is 2.19. The predicted molar refractivity (Wildman–Crippen MR) is 92.7 cm³/mol. The number of rotatable bonds is 3. The van der Waals surface area contributed by atoms with Gasteiger partial charge in [-0.2, -0.15) is 0 Å². The summed E-state index contributed by atoms with van der Waals surface area (Å²) in [5, 5.41) is 9.52. The summed E-state index contributed by atoms with van der Waals surface area (Å²) in [6.45, 7) is 2.10. The van der Waals surface area contributed by atoms with Gasteiger partial charge in [-0.25, -0.2) is 0 Å². The van der Waals surface area contributed by atoms with E-state index in [0.29, 0.717) is 0 Å². The fraction of sp³-hybridized carbons (Fsp3) is 0.0476. The van der Waals surface area contributed by atoms with Crippen molar-refractivity contribution in [2.24, 2.45) is 0 Å². The van der Waals surface area contributed by atoms with Crippen LogP contribution in [0.15, 0.2) is 78.9 Å². The predicted octanol–water partition coefficient (Wildman–Crippen LogP) is 5.29. The largest absolute Gasteiger partial charge is 0.508 e. The molecule has 0 aliphatic heterocycles. The molecule has 1 heteroatoms. The molecule has 0 unspecified atom stereocenters. The van der Waals surface area contributed by atoms with Crippen LogP contribution in [0, 0.1) is 6.92 Å². The molecule has 0 aliphatic carbocycles. The molecule has 1 N–H and O–H groups in total. The first-order valence-electron chi connectivity index (χ1n) is 7.35. The van der Waals surface area contributed by atoms with Crippen LogP contribution in [0.25, 0.3) is 11.6 Å². The van der Waals surface area contributed by atoms with Crippen LogP contribution >= 0.6 is 0 Å². The fourth-order valence-corrected chi connectivity index (χ4v) is 2.52. The maximum Gasteiger partial charge on any atom is 0.115 e. The smallest absolute Gasteiger partial charge is 0.115 e. The molecule has 0 saturated heterocycles. The molecule has 108 valence electrons. The third-order valence-corrected chi connectivity index (χ3v) is 3.62. The molecule has 0 spiro atoms. The van der Waals surface area contributed by atoms with Crippen LogP contribution in [-0.4, -0.2) is 5.11 Å². The Balaban J connectivity index is 2.13. The lowest BCUT2D eigenvalue weighted by atomic mass is 9.95. The summed E-state index contributed by atoms with van der Waals surface area (Å²) in [5.41, 5.74) is 5.81. The van der Waals surface area contributed by atoms with E-state index in [0.717, 1.165) is 16.7 Å². The molecule has 3 rings (SSSR count). The lowest BCUT2D eigenvalue weighted by Gasteiger charge is -2.09. The van der Waals surface area contributed by atoms with Crippen molar-refractivity contribution in [1.29, 1.82) is 0 Å². The van der Waals surface area contributed by atoms with Gasteiger partial charge in [0.05, 0.1) is 0 Å². The van der Waals surface area contributed by atoms with Gasteiger partial charge in [0.15, 0.2) is 0 Å². The number of benzene rings is 3. The van der Waals surface area contributed by atoms with Crippen molar-refractivity contribution in [3.63, 3.8) is 0 Å². The molecule has 22 heavy (non-hydrogen) atoms. The molecule has 0 aromatic heterocycles. The Morgan fingerprint density at radius 1 is 0.773 bits per heavy atom. The second kappa shape index (κ2) is 6.31. The first-order valence-corrected chi connectivity index (χ1v) is 7.35. The lowest BCUT2D eigenvalue weighted by molar-refractivity contribution is 0.475. The van der Waals surface area contributed by atoms with Crippen molar-refractivity contribution in [1.82, 2.24) is 0 Å². The first kappa shape index (κ1) is 14.2. The van der Waals surface area contributed by atoms with Crippen LogP contribution in [-0.2, 0) is 0 Å². The Kier molecular flexibility index (Phi) is 4.06. The van der Waals surface area contributed by atoms with Gasteiger partial charge in [-0.15, -0.1) is 0 Å². The average Bonchev–Trinajstić information content (AvgIpc) is 2.55. The van der Waals surface area contributed by atoms with Crippen molar-refractivity contribution in [3.05, 3.63) is 101 Å². The van der Waals surface area contributed by atoms with Gasteiger partial charge in [-0.05, 0) is 47.4 Å². The maximum atomic E-state index is 9.52. The maximum absolute atomic E-state index is 9.52. The van der Waals surface area contributed by atoms with Gasteiger partial charge in [-0.3, -0.25) is 0 Å². The van der Waals surface area contributed by atoms with E-state index >= 15 is 0 Å². The standard InChI is InChI=1S/C21H18O/c1-16-6-5-7-17(14-16)15-21(18-8-3-2-4-9-18)19-10-12-20(22)13-11-19/h2-15,22H,1H3/b21-15-. The van der Waals surface area contributed by atoms with E-state index in [-0.39, 0.29) is 5.75 Å². The molecule has 0 radical (unpaired) electrons. The summed E-state index contributed by atoms with van der Waals surface area (Å²) in [7, 11) is 0. The van der Waals surface area contributed by atoms with Crippen molar-refractivity contribution in [2.45, 2.75) is 6.92 Å². The van der Waals surface area contributed by atoms with Gasteiger partial charge in [-0.1, -0.05) is 72.3 Å². The second-order valence-electron chi connectivity index (χ2n) is 5.39. The van der Waals surface area contributed by atoms with Gasteiger partial charge in [0.2, 0.25) is 0 Å². The van der Waals surface area contributed by atoms with Gasteiger partial charge in [0, 0.05) is 0 Å². The molecular formula is C21H18O. The third-order valence-electron chi connectivity index (χ3n) is 3.62. The Labute approximate surface area is 131 Å². The average molecular weight is 286 g/mol. The SMILES string of the molecule is Cc1cccc(/C=C(/c2ccccc2)c2ccc(O)cc2)c1. The molecule has 1 nitrogen and oxygen atoms in total. The Hall–Kier alpha value is -2.80. The van der Waals surface area contributed by atoms with E-state index < -0.39 is 0 Å². The fourth-order valence-electron chi connectivity index (χ4n) is 2.52. The zero-order valence-corrected chi connectivity index (χ0v) is 12.5. The van der Waals surface area contributed by atoms with Crippen LogP contribution < -0.4 is 0 Å². The number of phenols is 1. The molecule has 0 saturated carbocycles. The van der Waals surface area contributed by atoms with Crippen LogP contribution in [0.3, 0.4) is 0 Å². The Bertz CT molecular complexity index is 784. The number of hydrogen-bond donors (Lipinski definition) is 1. The van der Waals surface area contributed by atoms with Crippen molar-refractivity contribution < 1.29 is 5.11 Å². The van der Waals surface area contributed by atoms with E-state index in [1.165, 1.54) is 11.1 Å². The monoisotopic (exact) mass is 286 g/mol. The number of aromatic hydroxyl groups is 1. The zero-order chi connectivity index (χ0) is 15.4. The van der Waals surface area contributed by atoms with Crippen LogP contribution in [0.5, 0.6) is 5.75 Å². The van der Waals surface area contributed by atoms with Gasteiger partial charge in [0.1, 0.15) is 5.75 Å². The minimum absolute atomic E-state index is 0.284. The third kappa shape index (κ3) is 3.26. The van der Waals surface area contributed by atoms with Gasteiger partial charge in [0.25, 0.3) is 0 Å². The number of phenolic OH excluding ortho intramolecular Hbond substituents is 1. The number of hydrogen-bond acceptors (Lipinski definition) is 1. The molecule has 0 bridgehead atoms. The van der Waals surface area contributed by atoms with E-state index in [1.54, 1.807) is 12.1 Å². The highest BCUT2D eigenvalue weighted by molar-refractivity contribution is 5.91. The molecule has 0 atom stereocenters. The van der Waals surface area contributed by atoms with Crippen molar-refractivity contribution >= 4 is 11.6 Å². The van der Waals surface area contributed by atoms with Crippen molar-refractivity contribution in [3.8, 4) is 5.75 Å². The molecular weight excluding hydrogens is 268 g/mol. The van der Waals surface area contributed by atoms with Crippen LogP contribution in [0.2, 0.25) is 0 Å². The topological polar surface area (TPSA) is 20.2 Å². The van der Waals surface area contributed by atoms with Gasteiger partial charge < -0.3 is 5.11 Å². The Morgan fingerprint density at radius 2 is 1.45 bits per heavy atom. The highest BCUT2D eigenvalue weighted by atomic mass is 16.3. The summed E-state index contributed by atoms with van der Waals surface area (Å²) >= 11 is 0. The molecule has 0 fully saturated rings. The summed E-state index contributed by atoms with van der Waals surface area (Å²) in [5.74, 6) is 0.284. The second-order valence-corrected chi connectivity index (χ2v) is 5.39. The first-order chi connectivity index (χ1) is 10.7. The van der Waals surface area contributed by atoms with E-state index in [9.17, 15) is 5.11 Å². The van der Waals surface area contributed by atoms with Crippen LogP contribution in [0.4, 0.5) is 0 Å². The molecule has 0 heterocycles. The number of aryl methyl sites for hydroxylation is 1.